The fraction of sp³-hybridized carbons (Fsp3) is 0.429. The smallest absolute Gasteiger partial charge is 0.218 e. The van der Waals surface area contributed by atoms with Crippen LogP contribution >= 0.6 is 11.3 Å². The molecule has 0 saturated heterocycles. The highest BCUT2D eigenvalue weighted by molar-refractivity contribution is 7.15. The van der Waals surface area contributed by atoms with Crippen molar-refractivity contribution < 1.29 is 9.50 Å². The topological polar surface area (TPSA) is 112 Å². The maximum absolute atomic E-state index is 14.9. The summed E-state index contributed by atoms with van der Waals surface area (Å²) in [5.41, 5.74) is 1.06. The second kappa shape index (κ2) is 8.89. The molecule has 0 radical (unpaired) electrons. The number of nitrogens with zero attached hydrogens (tertiary/aromatic N) is 7. The summed E-state index contributed by atoms with van der Waals surface area (Å²) >= 11 is 1.14. The normalized spacial score (nSPS) is 20.9. The molecule has 3 atom stereocenters. The van der Waals surface area contributed by atoms with Crippen LogP contribution in [0.2, 0.25) is 0 Å². The molecule has 160 valence electrons. The minimum atomic E-state index is -0.899. The Kier molecular flexibility index (Phi) is 6.04. The fourth-order valence-corrected chi connectivity index (χ4v) is 4.66. The highest BCUT2D eigenvalue weighted by atomic mass is 32.1. The summed E-state index contributed by atoms with van der Waals surface area (Å²) in [7, 11) is 1.82. The molecule has 2 heterocycles. The first-order valence-electron chi connectivity index (χ1n) is 10.2. The van der Waals surface area contributed by atoms with Crippen molar-refractivity contribution in [2.45, 2.75) is 44.8 Å². The molecule has 1 N–H and O–H groups in total. The molecule has 0 spiro atoms. The summed E-state index contributed by atoms with van der Waals surface area (Å²) in [5, 5.41) is 36.2. The van der Waals surface area contributed by atoms with E-state index in [1.54, 1.807) is 18.3 Å². The van der Waals surface area contributed by atoms with Gasteiger partial charge in [-0.05, 0) is 30.9 Å². The van der Waals surface area contributed by atoms with Gasteiger partial charge in [0.05, 0.1) is 17.8 Å². The Bertz CT molecular complexity index is 1100. The highest BCUT2D eigenvalue weighted by Crippen LogP contribution is 2.35. The first-order chi connectivity index (χ1) is 15.0. The lowest BCUT2D eigenvalue weighted by Gasteiger charge is -2.38. The van der Waals surface area contributed by atoms with Crippen molar-refractivity contribution in [3.05, 3.63) is 29.4 Å². The van der Waals surface area contributed by atoms with Gasteiger partial charge in [0.2, 0.25) is 5.01 Å². The second-order valence-electron chi connectivity index (χ2n) is 7.62. The van der Waals surface area contributed by atoms with Crippen molar-refractivity contribution in [1.29, 1.82) is 5.26 Å². The number of phenols is 1. The Morgan fingerprint density at radius 2 is 2.10 bits per heavy atom. The number of benzene rings is 1. The Labute approximate surface area is 183 Å². The Morgan fingerprint density at radius 1 is 1.26 bits per heavy atom. The molecule has 1 saturated carbocycles. The van der Waals surface area contributed by atoms with Crippen molar-refractivity contribution in [2.75, 3.05) is 11.9 Å². The van der Waals surface area contributed by atoms with Crippen LogP contribution in [-0.4, -0.2) is 49.7 Å². The molecular formula is C21H22FN7OS. The van der Waals surface area contributed by atoms with E-state index < -0.39 is 6.17 Å². The predicted octanol–water partition coefficient (Wildman–Crippen LogP) is 3.99. The van der Waals surface area contributed by atoms with Crippen LogP contribution in [0.25, 0.3) is 22.0 Å². The molecule has 3 aromatic rings. The number of hydrogen-bond donors (Lipinski definition) is 1. The van der Waals surface area contributed by atoms with E-state index in [-0.39, 0.29) is 28.5 Å². The van der Waals surface area contributed by atoms with E-state index in [1.807, 2.05) is 24.9 Å². The maximum atomic E-state index is 14.9. The fourth-order valence-electron chi connectivity index (χ4n) is 4.02. The average molecular weight is 440 g/mol. The summed E-state index contributed by atoms with van der Waals surface area (Å²) in [5.74, 6) is 0.815. The van der Waals surface area contributed by atoms with Crippen molar-refractivity contribution in [3.63, 3.8) is 0 Å². The summed E-state index contributed by atoms with van der Waals surface area (Å²) in [4.78, 5) is 6.16. The van der Waals surface area contributed by atoms with Crippen molar-refractivity contribution in [1.82, 2.24) is 25.4 Å². The molecule has 1 fully saturated rings. The zero-order valence-corrected chi connectivity index (χ0v) is 18.1. The van der Waals surface area contributed by atoms with Crippen molar-refractivity contribution in [2.24, 2.45) is 5.92 Å². The number of phenolic OH excluding ortho intramolecular Hbond substituents is 1. The second-order valence-corrected chi connectivity index (χ2v) is 8.60. The van der Waals surface area contributed by atoms with Gasteiger partial charge in [-0.2, -0.15) is 5.26 Å². The SMILES string of the molecule is CC[C@@H]1CCC[C@H](N(C)c2cnc(-c3ccc(-c4nnc(C#N)s4)cc3O)nn2)[C@@H]1F. The van der Waals surface area contributed by atoms with E-state index in [2.05, 4.69) is 25.4 Å². The van der Waals surface area contributed by atoms with Gasteiger partial charge in [0.15, 0.2) is 11.6 Å². The van der Waals surface area contributed by atoms with Gasteiger partial charge in [-0.15, -0.1) is 20.4 Å². The van der Waals surface area contributed by atoms with E-state index in [0.717, 1.165) is 37.0 Å². The number of hydrogen-bond acceptors (Lipinski definition) is 9. The molecule has 31 heavy (non-hydrogen) atoms. The van der Waals surface area contributed by atoms with E-state index in [9.17, 15) is 9.50 Å². The largest absolute Gasteiger partial charge is 0.507 e. The van der Waals surface area contributed by atoms with Crippen LogP contribution in [0.3, 0.4) is 0 Å². The lowest BCUT2D eigenvalue weighted by atomic mass is 9.82. The van der Waals surface area contributed by atoms with Gasteiger partial charge in [-0.25, -0.2) is 9.37 Å². The van der Waals surface area contributed by atoms with Crippen molar-refractivity contribution >= 4 is 17.2 Å². The summed E-state index contributed by atoms with van der Waals surface area (Å²) in [6.07, 6.45) is 4.19. The third-order valence-corrected chi connectivity index (χ3v) is 6.71. The minimum Gasteiger partial charge on any atom is -0.507 e. The Morgan fingerprint density at radius 3 is 2.74 bits per heavy atom. The Balaban J connectivity index is 1.53. The number of aromatic hydroxyl groups is 1. The lowest BCUT2D eigenvalue weighted by Crippen LogP contribution is -2.45. The average Bonchev–Trinajstić information content (AvgIpc) is 3.28. The maximum Gasteiger partial charge on any atom is 0.218 e. The molecule has 10 heteroatoms. The summed E-state index contributed by atoms with van der Waals surface area (Å²) in [6, 6.07) is 6.65. The molecule has 0 aliphatic heterocycles. The number of halogens is 1. The number of rotatable bonds is 5. The van der Waals surface area contributed by atoms with Crippen LogP contribution in [0.1, 0.15) is 37.6 Å². The molecule has 1 aromatic carbocycles. The van der Waals surface area contributed by atoms with Gasteiger partial charge in [-0.1, -0.05) is 37.2 Å². The third kappa shape index (κ3) is 4.18. The summed E-state index contributed by atoms with van der Waals surface area (Å²) in [6.45, 7) is 2.03. The number of nitriles is 1. The zero-order chi connectivity index (χ0) is 22.0. The van der Waals surface area contributed by atoms with E-state index >= 15 is 0 Å². The minimum absolute atomic E-state index is 0.0315. The van der Waals surface area contributed by atoms with Gasteiger partial charge < -0.3 is 10.0 Å². The van der Waals surface area contributed by atoms with Gasteiger partial charge >= 0.3 is 0 Å². The molecule has 8 nitrogen and oxygen atoms in total. The monoisotopic (exact) mass is 439 g/mol. The standard InChI is InChI=1S/C21H22FN7OS/c1-3-12-5-4-6-15(19(12)22)29(2)17-11-24-20(27-25-17)14-8-7-13(9-16(14)30)21-28-26-18(10-23)31-21/h7-9,11-12,15,19,30H,3-6H2,1-2H3/t12-,15+,19-/m1/s1. The number of alkyl halides is 1. The van der Waals surface area contributed by atoms with Gasteiger partial charge in [0, 0.05) is 12.6 Å². The molecule has 1 aliphatic rings. The third-order valence-electron chi connectivity index (χ3n) is 5.83. The van der Waals surface area contributed by atoms with Gasteiger partial charge in [0.25, 0.3) is 0 Å². The number of anilines is 1. The van der Waals surface area contributed by atoms with E-state index in [0.29, 0.717) is 22.0 Å². The first kappa shape index (κ1) is 21.1. The number of aromatic nitrogens is 5. The molecule has 0 bridgehead atoms. The zero-order valence-electron chi connectivity index (χ0n) is 17.2. The molecule has 4 rings (SSSR count). The quantitative estimate of drug-likeness (QED) is 0.635. The van der Waals surface area contributed by atoms with Crippen LogP contribution in [0.5, 0.6) is 5.75 Å². The lowest BCUT2D eigenvalue weighted by molar-refractivity contribution is 0.134. The highest BCUT2D eigenvalue weighted by Gasteiger charge is 2.35. The molecule has 1 aliphatic carbocycles. The van der Waals surface area contributed by atoms with Crippen LogP contribution in [0.15, 0.2) is 24.4 Å². The van der Waals surface area contributed by atoms with Crippen LogP contribution in [0, 0.1) is 17.2 Å². The van der Waals surface area contributed by atoms with E-state index in [4.69, 9.17) is 5.26 Å². The molecule has 0 amide bonds. The van der Waals surface area contributed by atoms with Crippen LogP contribution < -0.4 is 4.90 Å². The van der Waals surface area contributed by atoms with Crippen molar-refractivity contribution in [3.8, 4) is 33.8 Å². The van der Waals surface area contributed by atoms with E-state index in [1.165, 1.54) is 6.07 Å². The predicted molar refractivity (Wildman–Crippen MR) is 115 cm³/mol. The van der Waals surface area contributed by atoms with Crippen LogP contribution in [0.4, 0.5) is 10.2 Å². The molecule has 2 aromatic heterocycles. The summed E-state index contributed by atoms with van der Waals surface area (Å²) < 4.78 is 14.9. The first-order valence-corrected chi connectivity index (χ1v) is 11.0. The molecular weight excluding hydrogens is 417 g/mol. The van der Waals surface area contributed by atoms with Gasteiger partial charge in [0.1, 0.15) is 23.0 Å². The van der Waals surface area contributed by atoms with Crippen LogP contribution in [-0.2, 0) is 0 Å². The molecule has 0 unspecified atom stereocenters. The Hall–Kier alpha value is -3.19. The van der Waals surface area contributed by atoms with Gasteiger partial charge in [-0.3, -0.25) is 0 Å².